The van der Waals surface area contributed by atoms with E-state index < -0.39 is 0 Å². The molecule has 2 aromatic rings. The minimum absolute atomic E-state index is 0.610. The van der Waals surface area contributed by atoms with E-state index in [2.05, 4.69) is 46.1 Å². The van der Waals surface area contributed by atoms with Crippen LogP contribution in [0, 0.1) is 6.92 Å². The SMILES string of the molecule is Cc1c(CN2CCN(c3ccc(CN)cc3)CC2)cnn1C. The van der Waals surface area contributed by atoms with Crippen molar-refractivity contribution in [2.45, 2.75) is 20.0 Å². The van der Waals surface area contributed by atoms with Gasteiger partial charge in [0.25, 0.3) is 0 Å². The molecule has 1 aromatic carbocycles. The molecule has 1 aliphatic heterocycles. The van der Waals surface area contributed by atoms with Crippen molar-refractivity contribution in [1.29, 1.82) is 0 Å². The first-order valence-corrected chi connectivity index (χ1v) is 7.91. The van der Waals surface area contributed by atoms with E-state index in [1.807, 2.05) is 17.9 Å². The highest BCUT2D eigenvalue weighted by Gasteiger charge is 2.18. The van der Waals surface area contributed by atoms with Gasteiger partial charge in [-0.05, 0) is 24.6 Å². The summed E-state index contributed by atoms with van der Waals surface area (Å²) < 4.78 is 1.95. The Bertz CT molecular complexity index is 608. The van der Waals surface area contributed by atoms with Crippen molar-refractivity contribution in [3.8, 4) is 0 Å². The summed E-state index contributed by atoms with van der Waals surface area (Å²) in [7, 11) is 2.00. The molecular weight excluding hydrogens is 274 g/mol. The van der Waals surface area contributed by atoms with Crippen LogP contribution in [-0.2, 0) is 20.1 Å². The monoisotopic (exact) mass is 299 g/mol. The highest BCUT2D eigenvalue weighted by molar-refractivity contribution is 5.48. The molecule has 2 heterocycles. The van der Waals surface area contributed by atoms with E-state index in [9.17, 15) is 0 Å². The van der Waals surface area contributed by atoms with Crippen LogP contribution < -0.4 is 10.6 Å². The van der Waals surface area contributed by atoms with Gasteiger partial charge in [0.15, 0.2) is 0 Å². The molecule has 5 nitrogen and oxygen atoms in total. The highest BCUT2D eigenvalue weighted by Crippen LogP contribution is 2.18. The second-order valence-corrected chi connectivity index (χ2v) is 6.01. The Morgan fingerprint density at radius 1 is 1.09 bits per heavy atom. The lowest BCUT2D eigenvalue weighted by Crippen LogP contribution is -2.46. The van der Waals surface area contributed by atoms with Crippen LogP contribution in [0.4, 0.5) is 5.69 Å². The minimum Gasteiger partial charge on any atom is -0.369 e. The van der Waals surface area contributed by atoms with Gasteiger partial charge >= 0.3 is 0 Å². The zero-order valence-corrected chi connectivity index (χ0v) is 13.5. The fraction of sp³-hybridized carbons (Fsp3) is 0.471. The second kappa shape index (κ2) is 6.50. The van der Waals surface area contributed by atoms with Crippen molar-refractivity contribution in [1.82, 2.24) is 14.7 Å². The number of anilines is 1. The molecule has 0 saturated carbocycles. The van der Waals surface area contributed by atoms with Crippen molar-refractivity contribution in [3.05, 3.63) is 47.3 Å². The van der Waals surface area contributed by atoms with E-state index in [0.29, 0.717) is 6.54 Å². The van der Waals surface area contributed by atoms with Gasteiger partial charge in [0.1, 0.15) is 0 Å². The molecule has 1 aromatic heterocycles. The van der Waals surface area contributed by atoms with Crippen molar-refractivity contribution in [3.63, 3.8) is 0 Å². The van der Waals surface area contributed by atoms with E-state index >= 15 is 0 Å². The second-order valence-electron chi connectivity index (χ2n) is 6.01. The molecule has 0 atom stereocenters. The Balaban J connectivity index is 1.56. The molecule has 1 fully saturated rings. The fourth-order valence-corrected chi connectivity index (χ4v) is 2.95. The summed E-state index contributed by atoms with van der Waals surface area (Å²) in [6.07, 6.45) is 1.99. The third-order valence-corrected chi connectivity index (χ3v) is 4.64. The van der Waals surface area contributed by atoms with Crippen LogP contribution in [0.2, 0.25) is 0 Å². The maximum Gasteiger partial charge on any atom is 0.0537 e. The van der Waals surface area contributed by atoms with Crippen LogP contribution in [0.1, 0.15) is 16.8 Å². The lowest BCUT2D eigenvalue weighted by Gasteiger charge is -2.36. The average Bonchev–Trinajstić information content (AvgIpc) is 2.88. The Morgan fingerprint density at radius 3 is 2.32 bits per heavy atom. The third kappa shape index (κ3) is 3.15. The Hall–Kier alpha value is -1.85. The number of hydrogen-bond donors (Lipinski definition) is 1. The summed E-state index contributed by atoms with van der Waals surface area (Å²) in [5.74, 6) is 0. The minimum atomic E-state index is 0.610. The van der Waals surface area contributed by atoms with Gasteiger partial charge in [0.2, 0.25) is 0 Å². The summed E-state index contributed by atoms with van der Waals surface area (Å²) in [6, 6.07) is 8.62. The summed E-state index contributed by atoms with van der Waals surface area (Å²) in [4.78, 5) is 4.96. The Morgan fingerprint density at radius 2 is 1.77 bits per heavy atom. The van der Waals surface area contributed by atoms with E-state index in [1.54, 1.807) is 0 Å². The van der Waals surface area contributed by atoms with Gasteiger partial charge in [-0.2, -0.15) is 5.10 Å². The molecule has 0 aliphatic carbocycles. The maximum absolute atomic E-state index is 5.66. The lowest BCUT2D eigenvalue weighted by atomic mass is 10.1. The molecule has 5 heteroatoms. The number of hydrogen-bond acceptors (Lipinski definition) is 4. The highest BCUT2D eigenvalue weighted by atomic mass is 15.3. The van der Waals surface area contributed by atoms with E-state index in [-0.39, 0.29) is 0 Å². The normalized spacial score (nSPS) is 16.2. The van der Waals surface area contributed by atoms with E-state index in [4.69, 9.17) is 5.73 Å². The molecule has 0 radical (unpaired) electrons. The summed E-state index contributed by atoms with van der Waals surface area (Å²) in [5, 5.41) is 4.33. The van der Waals surface area contributed by atoms with Crippen molar-refractivity contribution < 1.29 is 0 Å². The van der Waals surface area contributed by atoms with Gasteiger partial charge < -0.3 is 10.6 Å². The van der Waals surface area contributed by atoms with Gasteiger partial charge in [0, 0.05) is 63.3 Å². The topological polar surface area (TPSA) is 50.3 Å². The molecule has 22 heavy (non-hydrogen) atoms. The zero-order valence-electron chi connectivity index (χ0n) is 13.5. The molecule has 0 unspecified atom stereocenters. The predicted molar refractivity (Wildman–Crippen MR) is 89.8 cm³/mol. The molecule has 1 aliphatic rings. The van der Waals surface area contributed by atoms with Gasteiger partial charge in [-0.1, -0.05) is 12.1 Å². The third-order valence-electron chi connectivity index (χ3n) is 4.64. The van der Waals surface area contributed by atoms with Gasteiger partial charge in [-0.3, -0.25) is 9.58 Å². The average molecular weight is 299 g/mol. The predicted octanol–water partition coefficient (Wildman–Crippen LogP) is 1.51. The number of benzene rings is 1. The summed E-state index contributed by atoms with van der Waals surface area (Å²) in [5.41, 5.74) is 10.7. The van der Waals surface area contributed by atoms with Crippen LogP contribution in [0.5, 0.6) is 0 Å². The molecule has 0 amide bonds. The van der Waals surface area contributed by atoms with Gasteiger partial charge in [-0.15, -0.1) is 0 Å². The summed E-state index contributed by atoms with van der Waals surface area (Å²) in [6.45, 7) is 8.07. The molecule has 3 rings (SSSR count). The van der Waals surface area contributed by atoms with Crippen molar-refractivity contribution >= 4 is 5.69 Å². The Labute approximate surface area is 132 Å². The molecule has 0 bridgehead atoms. The number of nitrogens with zero attached hydrogens (tertiary/aromatic N) is 4. The zero-order chi connectivity index (χ0) is 15.5. The van der Waals surface area contributed by atoms with E-state index in [1.165, 1.54) is 22.5 Å². The quantitative estimate of drug-likeness (QED) is 0.930. The van der Waals surface area contributed by atoms with E-state index in [0.717, 1.165) is 32.7 Å². The lowest BCUT2D eigenvalue weighted by molar-refractivity contribution is 0.249. The smallest absolute Gasteiger partial charge is 0.0537 e. The van der Waals surface area contributed by atoms with Crippen molar-refractivity contribution in [2.24, 2.45) is 12.8 Å². The van der Waals surface area contributed by atoms with Crippen LogP contribution >= 0.6 is 0 Å². The summed E-state index contributed by atoms with van der Waals surface area (Å²) >= 11 is 0. The number of aromatic nitrogens is 2. The standard InChI is InChI=1S/C17H25N5/c1-14-16(12-19-20(14)2)13-21-7-9-22(10-8-21)17-5-3-15(11-18)4-6-17/h3-6,12H,7-11,13,18H2,1-2H3. The number of piperazine rings is 1. The molecule has 2 N–H and O–H groups in total. The number of aryl methyl sites for hydroxylation is 1. The first kappa shape index (κ1) is 15.1. The van der Waals surface area contributed by atoms with Crippen LogP contribution in [0.3, 0.4) is 0 Å². The molecule has 118 valence electrons. The van der Waals surface area contributed by atoms with Crippen LogP contribution in [-0.4, -0.2) is 40.9 Å². The molecular formula is C17H25N5. The first-order chi connectivity index (χ1) is 10.7. The Kier molecular flexibility index (Phi) is 4.45. The first-order valence-electron chi connectivity index (χ1n) is 7.91. The number of rotatable bonds is 4. The van der Waals surface area contributed by atoms with Gasteiger partial charge in [-0.25, -0.2) is 0 Å². The molecule has 1 saturated heterocycles. The fourth-order valence-electron chi connectivity index (χ4n) is 2.95. The van der Waals surface area contributed by atoms with Crippen LogP contribution in [0.15, 0.2) is 30.5 Å². The van der Waals surface area contributed by atoms with Crippen molar-refractivity contribution in [2.75, 3.05) is 31.1 Å². The maximum atomic E-state index is 5.66. The molecule has 0 spiro atoms. The number of nitrogens with two attached hydrogens (primary N) is 1. The van der Waals surface area contributed by atoms with Gasteiger partial charge in [0.05, 0.1) is 6.20 Å². The van der Waals surface area contributed by atoms with Crippen LogP contribution in [0.25, 0.3) is 0 Å². The largest absolute Gasteiger partial charge is 0.369 e.